The largest absolute Gasteiger partial charge is 0.490 e. The molecule has 19 heteroatoms. The third kappa shape index (κ3) is 17.3. The van der Waals surface area contributed by atoms with E-state index in [1.165, 1.54) is 22.3 Å². The minimum Gasteiger partial charge on any atom is -0.475 e. The number of likely N-dealkylation sites (N-methyl/N-ethyl adjacent to an activating group) is 1. The number of carboxylic acids is 3. The highest BCUT2D eigenvalue weighted by atomic mass is 19.4. The lowest BCUT2D eigenvalue weighted by molar-refractivity contribution is -0.193. The topological polar surface area (TPSA) is 139 Å². The third-order valence-corrected chi connectivity index (χ3v) is 8.66. The van der Waals surface area contributed by atoms with Gasteiger partial charge in [0.15, 0.2) is 5.78 Å². The van der Waals surface area contributed by atoms with Gasteiger partial charge in [-0.05, 0) is 61.2 Å². The van der Waals surface area contributed by atoms with Gasteiger partial charge in [-0.3, -0.25) is 9.69 Å². The van der Waals surface area contributed by atoms with Crippen LogP contribution in [-0.2, 0) is 27.2 Å². The van der Waals surface area contributed by atoms with Gasteiger partial charge in [0.05, 0.1) is 6.04 Å². The molecule has 2 aliphatic rings. The fraction of sp³-hybridized carbons (Fsp3) is 0.421. The molecule has 3 aromatic rings. The zero-order chi connectivity index (χ0) is 43.0. The first-order valence-corrected chi connectivity index (χ1v) is 17.3. The van der Waals surface area contributed by atoms with E-state index < -0.39 is 36.4 Å². The van der Waals surface area contributed by atoms with Gasteiger partial charge in [-0.15, -0.1) is 0 Å². The van der Waals surface area contributed by atoms with Crippen LogP contribution < -0.4 is 0 Å². The number of ketones is 1. The molecule has 0 saturated carbocycles. The van der Waals surface area contributed by atoms with Gasteiger partial charge in [-0.25, -0.2) is 14.4 Å². The number of aliphatic carboxylic acids is 3. The highest BCUT2D eigenvalue weighted by Gasteiger charge is 2.39. The summed E-state index contributed by atoms with van der Waals surface area (Å²) in [5, 5.41) is 21.4. The summed E-state index contributed by atoms with van der Waals surface area (Å²) in [6, 6.07) is 28.4. The number of halogens is 9. The first-order chi connectivity index (χ1) is 26.5. The molecule has 0 atom stereocenters. The van der Waals surface area contributed by atoms with Gasteiger partial charge in [-0.1, -0.05) is 72.8 Å². The number of alkyl halides is 9. The molecule has 0 amide bonds. The molecule has 10 nitrogen and oxygen atoms in total. The van der Waals surface area contributed by atoms with E-state index in [1.54, 1.807) is 0 Å². The average Bonchev–Trinajstić information content (AvgIpc) is 3.33. The number of benzene rings is 3. The number of Topliss-reactive ketones (excluding diaryl/α,β-unsaturated/α-hetero) is 1. The molecule has 314 valence electrons. The van der Waals surface area contributed by atoms with Crippen LogP contribution in [0.25, 0.3) is 0 Å². The molecular formula is C38H42F9N3O7. The van der Waals surface area contributed by atoms with E-state index >= 15 is 0 Å². The summed E-state index contributed by atoms with van der Waals surface area (Å²) in [5.74, 6) is -7.98. The van der Waals surface area contributed by atoms with Gasteiger partial charge in [0.2, 0.25) is 0 Å². The van der Waals surface area contributed by atoms with Gasteiger partial charge in [0.1, 0.15) is 0 Å². The molecule has 0 bridgehead atoms. The van der Waals surface area contributed by atoms with E-state index in [4.69, 9.17) is 29.7 Å². The normalized spacial score (nSPS) is 15.3. The highest BCUT2D eigenvalue weighted by molar-refractivity contribution is 5.96. The van der Waals surface area contributed by atoms with Crippen LogP contribution in [0.3, 0.4) is 0 Å². The fourth-order valence-corrected chi connectivity index (χ4v) is 5.75. The molecule has 5 rings (SSSR count). The Kier molecular flexibility index (Phi) is 18.6. The Morgan fingerprint density at radius 3 is 1.40 bits per heavy atom. The number of carbonyl (C=O) groups is 4. The molecular weight excluding hydrogens is 781 g/mol. The summed E-state index contributed by atoms with van der Waals surface area (Å²) in [6.45, 7) is 7.37. The Morgan fingerprint density at radius 1 is 0.596 bits per heavy atom. The van der Waals surface area contributed by atoms with Gasteiger partial charge in [0.25, 0.3) is 0 Å². The molecule has 0 aliphatic carbocycles. The van der Waals surface area contributed by atoms with Crippen molar-refractivity contribution in [3.63, 3.8) is 0 Å². The van der Waals surface area contributed by atoms with Gasteiger partial charge < -0.3 is 25.1 Å². The number of hydrogen-bond donors (Lipinski definition) is 3. The number of piperazine rings is 1. The van der Waals surface area contributed by atoms with Crippen LogP contribution >= 0.6 is 0 Å². The molecule has 57 heavy (non-hydrogen) atoms. The van der Waals surface area contributed by atoms with Crippen LogP contribution in [0.15, 0.2) is 78.9 Å². The first-order valence-electron chi connectivity index (χ1n) is 17.3. The van der Waals surface area contributed by atoms with Crippen LogP contribution in [0.4, 0.5) is 39.5 Å². The highest BCUT2D eigenvalue weighted by Crippen LogP contribution is 2.29. The van der Waals surface area contributed by atoms with Crippen molar-refractivity contribution in [2.24, 2.45) is 0 Å². The number of hydrogen-bond acceptors (Lipinski definition) is 7. The van der Waals surface area contributed by atoms with Crippen molar-refractivity contribution in [3.05, 3.63) is 107 Å². The zero-order valence-electron chi connectivity index (χ0n) is 30.6. The SMILES string of the molecule is CN1CCc2ccc(C(=O)CCCN3CCN(C(c4ccccc4)c4ccccc4)CC3)cc2CC1.O=C(O)C(F)(F)F.O=C(O)C(F)(F)F.O=C(O)C(F)(F)F. The second-order valence-corrected chi connectivity index (χ2v) is 12.8. The van der Waals surface area contributed by atoms with E-state index in [0.29, 0.717) is 18.2 Å². The lowest BCUT2D eigenvalue weighted by Crippen LogP contribution is -2.48. The molecule has 2 heterocycles. The van der Waals surface area contributed by atoms with Crippen LogP contribution in [0, 0.1) is 0 Å². The van der Waals surface area contributed by atoms with E-state index in [1.807, 2.05) is 0 Å². The van der Waals surface area contributed by atoms with Crippen molar-refractivity contribution in [1.82, 2.24) is 14.7 Å². The standard InChI is InChI=1S/C32H39N3O.3C2HF3O2/c1-33-19-16-26-14-15-30(25-29(26)17-20-33)31(36)13-8-18-34-21-23-35(24-22-34)32(27-9-4-2-5-10-27)28-11-6-3-7-12-28;3*3-2(4,5)1(6)7/h2-7,9-12,14-15,25,32H,8,13,16-24H2,1H3;3*(H,6,7). The van der Waals surface area contributed by atoms with Crippen LogP contribution in [-0.4, -0.2) is 125 Å². The number of nitrogens with zero attached hydrogens (tertiary/aromatic N) is 3. The van der Waals surface area contributed by atoms with Gasteiger partial charge in [-0.2, -0.15) is 39.5 Å². The van der Waals surface area contributed by atoms with Crippen molar-refractivity contribution < 1.29 is 74.0 Å². The van der Waals surface area contributed by atoms with Crippen LogP contribution in [0.1, 0.15) is 51.5 Å². The molecule has 0 unspecified atom stereocenters. The van der Waals surface area contributed by atoms with E-state index in [-0.39, 0.29) is 0 Å². The maximum Gasteiger partial charge on any atom is 0.490 e. The van der Waals surface area contributed by atoms with E-state index in [0.717, 1.165) is 70.6 Å². The first kappa shape index (κ1) is 48.1. The van der Waals surface area contributed by atoms with Crippen LogP contribution in [0.2, 0.25) is 0 Å². The fourth-order valence-electron chi connectivity index (χ4n) is 5.75. The smallest absolute Gasteiger partial charge is 0.475 e. The zero-order valence-corrected chi connectivity index (χ0v) is 30.6. The van der Waals surface area contributed by atoms with Gasteiger partial charge in [0, 0.05) is 51.3 Å². The summed E-state index contributed by atoms with van der Waals surface area (Å²) in [7, 11) is 2.18. The van der Waals surface area contributed by atoms with E-state index in [9.17, 15) is 44.3 Å². The molecule has 3 aromatic carbocycles. The summed E-state index contributed by atoms with van der Waals surface area (Å²) < 4.78 is 95.2. The minimum absolute atomic E-state index is 0.294. The van der Waals surface area contributed by atoms with Crippen molar-refractivity contribution in [3.8, 4) is 0 Å². The lowest BCUT2D eigenvalue weighted by Gasteiger charge is -2.39. The Morgan fingerprint density at radius 2 is 1.00 bits per heavy atom. The molecule has 0 radical (unpaired) electrons. The number of rotatable bonds is 8. The quantitative estimate of drug-likeness (QED) is 0.161. The molecule has 0 aromatic heterocycles. The second-order valence-electron chi connectivity index (χ2n) is 12.8. The Bertz CT molecular complexity index is 1640. The van der Waals surface area contributed by atoms with Crippen molar-refractivity contribution in [2.45, 2.75) is 50.3 Å². The van der Waals surface area contributed by atoms with Crippen molar-refractivity contribution in [2.75, 3.05) is 52.9 Å². The number of fused-ring (bicyclic) bond motifs is 1. The predicted octanol–water partition coefficient (Wildman–Crippen LogP) is 6.99. The van der Waals surface area contributed by atoms with Crippen molar-refractivity contribution in [1.29, 1.82) is 0 Å². The molecule has 2 aliphatic heterocycles. The second kappa shape index (κ2) is 22.1. The Labute approximate surface area is 322 Å². The Balaban J connectivity index is 0.000000438. The molecule has 0 spiro atoms. The molecule has 1 fully saturated rings. The average molecular weight is 824 g/mol. The maximum atomic E-state index is 12.9. The van der Waals surface area contributed by atoms with Crippen LogP contribution in [0.5, 0.6) is 0 Å². The maximum absolute atomic E-state index is 12.9. The molecule has 3 N–H and O–H groups in total. The minimum atomic E-state index is -5.08. The summed E-state index contributed by atoms with van der Waals surface area (Å²) in [4.78, 5) is 47.1. The summed E-state index contributed by atoms with van der Waals surface area (Å²) in [5.41, 5.74) is 6.40. The molecule has 1 saturated heterocycles. The third-order valence-electron chi connectivity index (χ3n) is 8.66. The number of carboxylic acid groups (broad SMARTS) is 3. The van der Waals surface area contributed by atoms with Crippen molar-refractivity contribution >= 4 is 23.7 Å². The monoisotopic (exact) mass is 823 g/mol. The summed E-state index contributed by atoms with van der Waals surface area (Å²) >= 11 is 0. The van der Waals surface area contributed by atoms with E-state index in [2.05, 4.69) is 101 Å². The summed E-state index contributed by atoms with van der Waals surface area (Å²) in [6.07, 6.45) is -11.6. The Hall–Kier alpha value is -5.01. The lowest BCUT2D eigenvalue weighted by atomic mass is 9.96. The van der Waals surface area contributed by atoms with Gasteiger partial charge >= 0.3 is 36.4 Å². The number of carbonyl (C=O) groups excluding carboxylic acids is 1. The predicted molar refractivity (Wildman–Crippen MR) is 189 cm³/mol.